The van der Waals surface area contributed by atoms with Crippen molar-refractivity contribution < 1.29 is 12.8 Å². The Morgan fingerprint density at radius 2 is 1.86 bits per heavy atom. The maximum Gasteiger partial charge on any atom is 0.183 e. The summed E-state index contributed by atoms with van der Waals surface area (Å²) in [5.41, 5.74) is 1.97. The first-order chi connectivity index (χ1) is 13.6. The maximum atomic E-state index is 14.0. The van der Waals surface area contributed by atoms with Gasteiger partial charge in [-0.05, 0) is 58.0 Å². The van der Waals surface area contributed by atoms with Crippen molar-refractivity contribution in [1.29, 1.82) is 0 Å². The summed E-state index contributed by atoms with van der Waals surface area (Å²) >= 11 is 0. The first kappa shape index (κ1) is 19.3. The zero-order chi connectivity index (χ0) is 21.0. The Bertz CT molecular complexity index is 1360. The molecule has 0 saturated carbocycles. The highest BCUT2D eigenvalue weighted by Gasteiger charge is 2.31. The highest BCUT2D eigenvalue weighted by molar-refractivity contribution is 7.92. The summed E-state index contributed by atoms with van der Waals surface area (Å²) < 4.78 is 38.8. The fourth-order valence-electron chi connectivity index (χ4n) is 2.99. The lowest BCUT2D eigenvalue weighted by Crippen LogP contribution is -2.27. The van der Waals surface area contributed by atoms with Crippen LogP contribution >= 0.6 is 0 Å². The van der Waals surface area contributed by atoms with Crippen molar-refractivity contribution in [3.05, 3.63) is 48.0 Å². The van der Waals surface area contributed by atoms with Crippen LogP contribution in [-0.4, -0.2) is 33.3 Å². The molecule has 9 heteroatoms. The van der Waals surface area contributed by atoms with Crippen LogP contribution in [0.25, 0.3) is 21.9 Å². The van der Waals surface area contributed by atoms with Crippen LogP contribution in [0.4, 0.5) is 15.9 Å². The largest absolute Gasteiger partial charge is 0.338 e. The second-order valence-electron chi connectivity index (χ2n) is 7.80. The summed E-state index contributed by atoms with van der Waals surface area (Å²) in [5, 5.41) is 11.2. The minimum absolute atomic E-state index is 0.212. The lowest BCUT2D eigenvalue weighted by Gasteiger charge is -2.19. The standard InChI is InChI=1S/C20H20FN5O2S/c1-11-15(21)10-14-18(23-11)25-26-19(14)24-17-7-8-22-16-6-5-12(9-13(16)17)29(27,28)20(2,3)4/h5-10H,1-4H3,(H2,22,23,24,25,26). The van der Waals surface area contributed by atoms with Crippen LogP contribution in [0.2, 0.25) is 0 Å². The van der Waals surface area contributed by atoms with Gasteiger partial charge in [0.05, 0.1) is 31.9 Å². The Kier molecular flexibility index (Phi) is 4.30. The van der Waals surface area contributed by atoms with Crippen LogP contribution in [0, 0.1) is 12.7 Å². The predicted molar refractivity (Wildman–Crippen MR) is 111 cm³/mol. The molecule has 0 saturated heterocycles. The van der Waals surface area contributed by atoms with E-state index < -0.39 is 20.4 Å². The van der Waals surface area contributed by atoms with Crippen LogP contribution in [0.3, 0.4) is 0 Å². The van der Waals surface area contributed by atoms with E-state index in [1.54, 1.807) is 58.2 Å². The van der Waals surface area contributed by atoms with E-state index in [1.165, 1.54) is 6.07 Å². The SMILES string of the molecule is Cc1nc2[nH]nc(Nc3ccnc4ccc(S(=O)(=O)C(C)(C)C)cc34)c2cc1F. The predicted octanol–water partition coefficient (Wildman–Crippen LogP) is 4.27. The number of rotatable bonds is 3. The molecule has 0 spiro atoms. The number of anilines is 2. The molecule has 29 heavy (non-hydrogen) atoms. The number of aromatic amines is 1. The van der Waals surface area contributed by atoms with E-state index in [4.69, 9.17) is 0 Å². The molecule has 0 bridgehead atoms. The molecule has 7 nitrogen and oxygen atoms in total. The monoisotopic (exact) mass is 413 g/mol. The summed E-state index contributed by atoms with van der Waals surface area (Å²) in [6.45, 7) is 6.56. The van der Waals surface area contributed by atoms with E-state index in [9.17, 15) is 12.8 Å². The Balaban J connectivity index is 1.85. The number of H-pyrrole nitrogens is 1. The number of hydrogen-bond acceptors (Lipinski definition) is 6. The number of benzene rings is 1. The fourth-order valence-corrected chi connectivity index (χ4v) is 4.22. The molecule has 0 fully saturated rings. The number of fused-ring (bicyclic) bond motifs is 2. The van der Waals surface area contributed by atoms with Crippen molar-refractivity contribution in [2.45, 2.75) is 37.3 Å². The highest BCUT2D eigenvalue weighted by Crippen LogP contribution is 2.32. The van der Waals surface area contributed by atoms with Crippen LogP contribution in [0.5, 0.6) is 0 Å². The van der Waals surface area contributed by atoms with Gasteiger partial charge in [-0.15, -0.1) is 0 Å². The molecule has 4 rings (SSSR count). The van der Waals surface area contributed by atoms with Gasteiger partial charge in [0.15, 0.2) is 21.3 Å². The van der Waals surface area contributed by atoms with E-state index in [-0.39, 0.29) is 10.6 Å². The molecule has 0 aliphatic rings. The molecule has 2 N–H and O–H groups in total. The van der Waals surface area contributed by atoms with Gasteiger partial charge in [-0.3, -0.25) is 10.1 Å². The average molecular weight is 413 g/mol. The van der Waals surface area contributed by atoms with Gasteiger partial charge in [0.1, 0.15) is 5.82 Å². The number of halogens is 1. The first-order valence-corrected chi connectivity index (χ1v) is 10.5. The summed E-state index contributed by atoms with van der Waals surface area (Å²) in [6.07, 6.45) is 1.61. The third-order valence-electron chi connectivity index (χ3n) is 4.76. The smallest absolute Gasteiger partial charge is 0.183 e. The van der Waals surface area contributed by atoms with Gasteiger partial charge in [-0.1, -0.05) is 0 Å². The van der Waals surface area contributed by atoms with E-state index in [1.807, 2.05) is 0 Å². The molecule has 0 aliphatic heterocycles. The van der Waals surface area contributed by atoms with Crippen molar-refractivity contribution in [2.75, 3.05) is 5.32 Å². The number of nitrogens with zero attached hydrogens (tertiary/aromatic N) is 3. The van der Waals surface area contributed by atoms with Crippen molar-refractivity contribution in [1.82, 2.24) is 20.2 Å². The zero-order valence-corrected chi connectivity index (χ0v) is 17.2. The van der Waals surface area contributed by atoms with Crippen LogP contribution in [-0.2, 0) is 9.84 Å². The molecule has 0 radical (unpaired) electrons. The fraction of sp³-hybridized carbons (Fsp3) is 0.250. The number of sulfone groups is 1. The van der Waals surface area contributed by atoms with Gasteiger partial charge in [-0.2, -0.15) is 5.10 Å². The van der Waals surface area contributed by atoms with Gasteiger partial charge in [0.25, 0.3) is 0 Å². The molecule has 0 amide bonds. The molecule has 150 valence electrons. The van der Waals surface area contributed by atoms with Crippen molar-refractivity contribution in [2.24, 2.45) is 0 Å². The van der Waals surface area contributed by atoms with Gasteiger partial charge >= 0.3 is 0 Å². The van der Waals surface area contributed by atoms with Crippen molar-refractivity contribution in [3.8, 4) is 0 Å². The highest BCUT2D eigenvalue weighted by atomic mass is 32.2. The number of pyridine rings is 2. The topological polar surface area (TPSA) is 101 Å². The molecule has 0 unspecified atom stereocenters. The Morgan fingerprint density at radius 3 is 2.59 bits per heavy atom. The quantitative estimate of drug-likeness (QED) is 0.520. The van der Waals surface area contributed by atoms with Gasteiger partial charge in [0.2, 0.25) is 0 Å². The Hall–Kier alpha value is -3.07. The van der Waals surface area contributed by atoms with E-state index in [0.29, 0.717) is 33.4 Å². The Morgan fingerprint density at radius 1 is 1.10 bits per heavy atom. The molecule has 0 atom stereocenters. The molecule has 1 aromatic carbocycles. The number of nitrogens with one attached hydrogen (secondary N) is 2. The summed E-state index contributed by atoms with van der Waals surface area (Å²) in [6, 6.07) is 7.91. The first-order valence-electron chi connectivity index (χ1n) is 8.99. The zero-order valence-electron chi connectivity index (χ0n) is 16.4. The maximum absolute atomic E-state index is 14.0. The lowest BCUT2D eigenvalue weighted by atomic mass is 10.2. The number of aromatic nitrogens is 4. The van der Waals surface area contributed by atoms with Crippen LogP contribution in [0.1, 0.15) is 26.5 Å². The minimum Gasteiger partial charge on any atom is -0.338 e. The van der Waals surface area contributed by atoms with E-state index >= 15 is 0 Å². The normalized spacial score (nSPS) is 12.6. The second kappa shape index (κ2) is 6.48. The van der Waals surface area contributed by atoms with Crippen LogP contribution in [0.15, 0.2) is 41.4 Å². The minimum atomic E-state index is -3.53. The Labute approximate surface area is 167 Å². The second-order valence-corrected chi connectivity index (χ2v) is 10.5. The van der Waals surface area contributed by atoms with Crippen molar-refractivity contribution >= 4 is 43.3 Å². The third-order valence-corrected chi connectivity index (χ3v) is 7.25. The molecule has 4 aromatic rings. The molecule has 0 aliphatic carbocycles. The number of hydrogen-bond donors (Lipinski definition) is 2. The van der Waals surface area contributed by atoms with Crippen LogP contribution < -0.4 is 5.32 Å². The van der Waals surface area contributed by atoms with E-state index in [0.717, 1.165) is 0 Å². The third kappa shape index (κ3) is 3.21. The van der Waals surface area contributed by atoms with Gasteiger partial charge in [-0.25, -0.2) is 17.8 Å². The molecular weight excluding hydrogens is 393 g/mol. The average Bonchev–Trinajstić information content (AvgIpc) is 3.02. The summed E-state index contributed by atoms with van der Waals surface area (Å²) in [5.74, 6) is -0.0388. The lowest BCUT2D eigenvalue weighted by molar-refractivity contribution is 0.560. The van der Waals surface area contributed by atoms with E-state index in [2.05, 4.69) is 25.5 Å². The molecular formula is C20H20FN5O2S. The van der Waals surface area contributed by atoms with Gasteiger partial charge in [0, 0.05) is 11.6 Å². The van der Waals surface area contributed by atoms with Crippen molar-refractivity contribution in [3.63, 3.8) is 0 Å². The molecule has 3 heterocycles. The molecule has 3 aromatic heterocycles. The summed E-state index contributed by atoms with van der Waals surface area (Å²) in [7, 11) is -3.53. The van der Waals surface area contributed by atoms with Gasteiger partial charge < -0.3 is 5.32 Å². The number of aryl methyl sites for hydroxylation is 1. The summed E-state index contributed by atoms with van der Waals surface area (Å²) in [4.78, 5) is 8.67.